The van der Waals surface area contributed by atoms with Crippen molar-refractivity contribution in [1.82, 2.24) is 9.80 Å². The Morgan fingerprint density at radius 2 is 1.23 bits per heavy atom. The van der Waals surface area contributed by atoms with Gasteiger partial charge in [0.15, 0.2) is 0 Å². The molecule has 35 heavy (non-hydrogen) atoms. The largest absolute Gasteiger partial charge is 0.497 e. The lowest BCUT2D eigenvalue weighted by molar-refractivity contribution is 0.105. The first kappa shape index (κ1) is 23.2. The highest BCUT2D eigenvalue weighted by Crippen LogP contribution is 2.30. The van der Waals surface area contributed by atoms with E-state index in [2.05, 4.69) is 82.6 Å². The van der Waals surface area contributed by atoms with Gasteiger partial charge < -0.3 is 9.47 Å². The molecular formula is C31H32N2O2. The van der Waals surface area contributed by atoms with Gasteiger partial charge >= 0.3 is 0 Å². The van der Waals surface area contributed by atoms with Gasteiger partial charge in [-0.15, -0.1) is 0 Å². The molecule has 4 aromatic rings. The lowest BCUT2D eigenvalue weighted by Crippen LogP contribution is -2.47. The number of benzene rings is 4. The minimum Gasteiger partial charge on any atom is -0.497 e. The number of hydrogen-bond acceptors (Lipinski definition) is 4. The second-order valence-electron chi connectivity index (χ2n) is 8.96. The maximum absolute atomic E-state index is 5.99. The van der Waals surface area contributed by atoms with Crippen molar-refractivity contribution in [2.75, 3.05) is 33.3 Å². The first-order chi connectivity index (χ1) is 17.3. The zero-order valence-electron chi connectivity index (χ0n) is 20.2. The zero-order valence-corrected chi connectivity index (χ0v) is 20.2. The summed E-state index contributed by atoms with van der Waals surface area (Å²) in [6.45, 7) is 5.15. The van der Waals surface area contributed by atoms with Gasteiger partial charge in [0.25, 0.3) is 0 Å². The third kappa shape index (κ3) is 5.91. The summed E-state index contributed by atoms with van der Waals surface area (Å²) in [5, 5.41) is 0. The standard InChI is InChI=1S/C31H32N2O2/c1-34-29-13-8-14-30(23-29)35-28-17-15-25(16-18-28)24-32-19-21-33(22-20-32)31(26-9-4-2-5-10-26)27-11-6-3-7-12-27/h2-18,23,31H,19-22,24H2,1H3. The Balaban J connectivity index is 1.19. The minimum atomic E-state index is 0.299. The molecule has 0 radical (unpaired) electrons. The molecule has 4 heteroatoms. The Labute approximate surface area is 208 Å². The van der Waals surface area contributed by atoms with Gasteiger partial charge in [-0.2, -0.15) is 0 Å². The normalized spacial score (nSPS) is 14.7. The van der Waals surface area contributed by atoms with Gasteiger partial charge in [0.2, 0.25) is 0 Å². The topological polar surface area (TPSA) is 24.9 Å². The van der Waals surface area contributed by atoms with Crippen LogP contribution in [0.1, 0.15) is 22.7 Å². The summed E-state index contributed by atoms with van der Waals surface area (Å²) in [6, 6.07) is 38.2. The summed E-state index contributed by atoms with van der Waals surface area (Å²) >= 11 is 0. The molecule has 1 fully saturated rings. The van der Waals surface area contributed by atoms with Crippen molar-refractivity contribution in [3.05, 3.63) is 126 Å². The molecule has 0 saturated carbocycles. The Morgan fingerprint density at radius 3 is 1.83 bits per heavy atom. The van der Waals surface area contributed by atoms with Crippen LogP contribution in [0.15, 0.2) is 109 Å². The van der Waals surface area contributed by atoms with Crippen LogP contribution >= 0.6 is 0 Å². The molecule has 0 bridgehead atoms. The predicted molar refractivity (Wildman–Crippen MR) is 141 cm³/mol. The third-order valence-electron chi connectivity index (χ3n) is 6.61. The van der Waals surface area contributed by atoms with E-state index < -0.39 is 0 Å². The molecule has 178 valence electrons. The van der Waals surface area contributed by atoms with E-state index in [-0.39, 0.29) is 0 Å². The molecule has 0 unspecified atom stereocenters. The molecule has 0 N–H and O–H groups in total. The number of hydrogen-bond donors (Lipinski definition) is 0. The Morgan fingerprint density at radius 1 is 0.629 bits per heavy atom. The van der Waals surface area contributed by atoms with E-state index in [1.54, 1.807) is 7.11 Å². The second-order valence-corrected chi connectivity index (χ2v) is 8.96. The lowest BCUT2D eigenvalue weighted by atomic mass is 9.96. The zero-order chi connectivity index (χ0) is 23.9. The quantitative estimate of drug-likeness (QED) is 0.301. The van der Waals surface area contributed by atoms with Crippen LogP contribution in [0, 0.1) is 0 Å². The van der Waals surface area contributed by atoms with Crippen LogP contribution in [0.4, 0.5) is 0 Å². The number of nitrogens with zero attached hydrogens (tertiary/aromatic N) is 2. The average molecular weight is 465 g/mol. The Kier molecular flexibility index (Phi) is 7.42. The molecule has 4 nitrogen and oxygen atoms in total. The van der Waals surface area contributed by atoms with Gasteiger partial charge in [-0.25, -0.2) is 0 Å². The van der Waals surface area contributed by atoms with Gasteiger partial charge in [0, 0.05) is 38.8 Å². The van der Waals surface area contributed by atoms with Crippen molar-refractivity contribution in [2.45, 2.75) is 12.6 Å². The first-order valence-corrected chi connectivity index (χ1v) is 12.3. The van der Waals surface area contributed by atoms with E-state index in [4.69, 9.17) is 9.47 Å². The summed E-state index contributed by atoms with van der Waals surface area (Å²) < 4.78 is 11.3. The summed E-state index contributed by atoms with van der Waals surface area (Å²) in [4.78, 5) is 5.16. The van der Waals surface area contributed by atoms with Crippen LogP contribution in [0.3, 0.4) is 0 Å². The van der Waals surface area contributed by atoms with E-state index in [1.165, 1.54) is 16.7 Å². The lowest BCUT2D eigenvalue weighted by Gasteiger charge is -2.39. The van der Waals surface area contributed by atoms with Crippen molar-refractivity contribution in [1.29, 1.82) is 0 Å². The number of methoxy groups -OCH3 is 1. The van der Waals surface area contributed by atoms with Gasteiger partial charge in [0.05, 0.1) is 13.2 Å². The van der Waals surface area contributed by atoms with Crippen molar-refractivity contribution in [2.24, 2.45) is 0 Å². The van der Waals surface area contributed by atoms with Crippen LogP contribution in [0.25, 0.3) is 0 Å². The Hall–Kier alpha value is -3.60. The van der Waals surface area contributed by atoms with E-state index in [0.29, 0.717) is 6.04 Å². The van der Waals surface area contributed by atoms with Gasteiger partial charge in [0.1, 0.15) is 17.2 Å². The fraction of sp³-hybridized carbons (Fsp3) is 0.226. The molecule has 0 aromatic heterocycles. The molecule has 0 aliphatic carbocycles. The summed E-state index contributed by atoms with van der Waals surface area (Å²) in [6.07, 6.45) is 0. The molecular weight excluding hydrogens is 432 g/mol. The SMILES string of the molecule is COc1cccc(Oc2ccc(CN3CCN(C(c4ccccc4)c4ccccc4)CC3)cc2)c1. The minimum absolute atomic E-state index is 0.299. The van der Waals surface area contributed by atoms with E-state index in [1.807, 2.05) is 36.4 Å². The van der Waals surface area contributed by atoms with Crippen LogP contribution < -0.4 is 9.47 Å². The van der Waals surface area contributed by atoms with Gasteiger partial charge in [-0.05, 0) is 41.0 Å². The molecule has 5 rings (SSSR count). The first-order valence-electron chi connectivity index (χ1n) is 12.3. The van der Waals surface area contributed by atoms with Crippen molar-refractivity contribution in [3.8, 4) is 17.2 Å². The summed E-state index contributed by atoms with van der Waals surface area (Å²) in [5.41, 5.74) is 4.02. The van der Waals surface area contributed by atoms with Crippen LogP contribution in [0.5, 0.6) is 17.2 Å². The van der Waals surface area contributed by atoms with E-state index in [0.717, 1.165) is 50.0 Å². The van der Waals surface area contributed by atoms with E-state index >= 15 is 0 Å². The molecule has 1 heterocycles. The smallest absolute Gasteiger partial charge is 0.131 e. The molecule has 0 amide bonds. The average Bonchev–Trinajstić information content (AvgIpc) is 2.92. The van der Waals surface area contributed by atoms with E-state index in [9.17, 15) is 0 Å². The second kappa shape index (κ2) is 11.2. The monoisotopic (exact) mass is 464 g/mol. The maximum Gasteiger partial charge on any atom is 0.131 e. The summed E-state index contributed by atoms with van der Waals surface area (Å²) in [5.74, 6) is 2.40. The number of piperazine rings is 1. The highest BCUT2D eigenvalue weighted by molar-refractivity contribution is 5.37. The molecule has 0 spiro atoms. The Bertz CT molecular complexity index is 1150. The molecule has 1 aliphatic heterocycles. The van der Waals surface area contributed by atoms with Crippen molar-refractivity contribution >= 4 is 0 Å². The van der Waals surface area contributed by atoms with Crippen LogP contribution in [-0.2, 0) is 6.54 Å². The number of ether oxygens (including phenoxy) is 2. The highest BCUT2D eigenvalue weighted by Gasteiger charge is 2.26. The fourth-order valence-corrected chi connectivity index (χ4v) is 4.79. The maximum atomic E-state index is 5.99. The molecule has 4 aromatic carbocycles. The number of rotatable bonds is 8. The third-order valence-corrected chi connectivity index (χ3v) is 6.61. The fourth-order valence-electron chi connectivity index (χ4n) is 4.79. The summed E-state index contributed by atoms with van der Waals surface area (Å²) in [7, 11) is 1.66. The van der Waals surface area contributed by atoms with Crippen LogP contribution in [-0.4, -0.2) is 43.1 Å². The molecule has 1 aliphatic rings. The predicted octanol–water partition coefficient (Wildman–Crippen LogP) is 6.39. The highest BCUT2D eigenvalue weighted by atomic mass is 16.5. The van der Waals surface area contributed by atoms with Crippen molar-refractivity contribution < 1.29 is 9.47 Å². The van der Waals surface area contributed by atoms with Crippen LogP contribution in [0.2, 0.25) is 0 Å². The van der Waals surface area contributed by atoms with Crippen molar-refractivity contribution in [3.63, 3.8) is 0 Å². The van der Waals surface area contributed by atoms with Gasteiger partial charge in [-0.3, -0.25) is 9.80 Å². The van der Waals surface area contributed by atoms with Gasteiger partial charge in [-0.1, -0.05) is 78.9 Å². The molecule has 0 atom stereocenters. The molecule has 1 saturated heterocycles.